The zero-order valence-corrected chi connectivity index (χ0v) is 18.6. The minimum atomic E-state index is 0.204. The molecule has 0 spiro atoms. The number of ether oxygens (including phenoxy) is 1. The number of carbonyl (C=O) groups excluding carboxylic acids is 1. The maximum absolute atomic E-state index is 12.8. The van der Waals surface area contributed by atoms with Crippen LogP contribution in [0.5, 0.6) is 5.75 Å². The average molecular weight is 422 g/mol. The fourth-order valence-corrected chi connectivity index (χ4v) is 4.34. The van der Waals surface area contributed by atoms with E-state index in [2.05, 4.69) is 29.1 Å². The van der Waals surface area contributed by atoms with E-state index in [1.807, 2.05) is 52.1 Å². The van der Waals surface area contributed by atoms with Crippen molar-refractivity contribution in [2.75, 3.05) is 34.3 Å². The number of methoxy groups -OCH3 is 1. The number of aromatic nitrogens is 3. The molecule has 0 bridgehead atoms. The molecule has 1 aliphatic rings. The van der Waals surface area contributed by atoms with Gasteiger partial charge in [0.2, 0.25) is 5.91 Å². The summed E-state index contributed by atoms with van der Waals surface area (Å²) in [5.41, 5.74) is 4.38. The van der Waals surface area contributed by atoms with Crippen LogP contribution in [-0.2, 0) is 24.2 Å². The van der Waals surface area contributed by atoms with Gasteiger partial charge >= 0.3 is 0 Å². The molecule has 7 nitrogen and oxygen atoms in total. The predicted octanol–water partition coefficient (Wildman–Crippen LogP) is 2.82. The topological polar surface area (TPSA) is 63.0 Å². The number of hydrogen-bond donors (Lipinski definition) is 0. The molecule has 0 unspecified atom stereocenters. The summed E-state index contributed by atoms with van der Waals surface area (Å²) in [4.78, 5) is 21.5. The van der Waals surface area contributed by atoms with Crippen molar-refractivity contribution in [1.82, 2.24) is 24.4 Å². The summed E-state index contributed by atoms with van der Waals surface area (Å²) in [6.45, 7) is 2.48. The van der Waals surface area contributed by atoms with Crippen molar-refractivity contribution in [3.8, 4) is 5.75 Å². The van der Waals surface area contributed by atoms with Gasteiger partial charge in [0, 0.05) is 37.5 Å². The van der Waals surface area contributed by atoms with Crippen LogP contribution in [0.3, 0.4) is 0 Å². The zero-order valence-electron chi connectivity index (χ0n) is 18.6. The quantitative estimate of drug-likeness (QED) is 0.587. The first-order valence-corrected chi connectivity index (χ1v) is 10.9. The van der Waals surface area contributed by atoms with E-state index in [0.717, 1.165) is 55.9 Å². The maximum atomic E-state index is 12.8. The highest BCUT2D eigenvalue weighted by molar-refractivity contribution is 5.78. The van der Waals surface area contributed by atoms with Gasteiger partial charge in [-0.3, -0.25) is 4.79 Å². The normalized spacial score (nSPS) is 15.0. The summed E-state index contributed by atoms with van der Waals surface area (Å²) < 4.78 is 7.18. The summed E-state index contributed by atoms with van der Waals surface area (Å²) in [6, 6.07) is 9.70. The van der Waals surface area contributed by atoms with Gasteiger partial charge < -0.3 is 14.5 Å². The number of nitrogens with zero attached hydrogens (tertiary/aromatic N) is 5. The lowest BCUT2D eigenvalue weighted by Crippen LogP contribution is -2.40. The fourth-order valence-electron chi connectivity index (χ4n) is 4.34. The molecular weight excluding hydrogens is 390 g/mol. The fraction of sp³-hybridized carbons (Fsp3) is 0.458. The van der Waals surface area contributed by atoms with Crippen molar-refractivity contribution >= 4 is 11.6 Å². The van der Waals surface area contributed by atoms with E-state index in [4.69, 9.17) is 4.74 Å². The minimum absolute atomic E-state index is 0.204. The highest BCUT2D eigenvalue weighted by atomic mass is 16.5. The van der Waals surface area contributed by atoms with Crippen molar-refractivity contribution in [2.45, 2.75) is 32.2 Å². The van der Waals surface area contributed by atoms with Crippen LogP contribution in [0.15, 0.2) is 42.7 Å². The Balaban J connectivity index is 1.38. The van der Waals surface area contributed by atoms with E-state index in [1.54, 1.807) is 7.11 Å². The van der Waals surface area contributed by atoms with Crippen molar-refractivity contribution in [3.63, 3.8) is 0 Å². The standard InChI is InChI=1S/C24H31N5O2/c1-27(2)17-20-16-25-23-8-11-26-29(23)22(20)14-19-9-12-28(13-10-19)24(30)15-18-4-6-21(31-3)7-5-18/h4-8,11,16,19H,9-10,12-15,17H2,1-3H3. The Morgan fingerprint density at radius 1 is 1.16 bits per heavy atom. The van der Waals surface area contributed by atoms with Crippen LogP contribution in [0, 0.1) is 5.92 Å². The Bertz CT molecular complexity index is 1020. The summed E-state index contributed by atoms with van der Waals surface area (Å²) in [5.74, 6) is 1.56. The van der Waals surface area contributed by atoms with Gasteiger partial charge in [0.05, 0.1) is 25.4 Å². The maximum Gasteiger partial charge on any atom is 0.226 e. The Kier molecular flexibility index (Phi) is 6.51. The van der Waals surface area contributed by atoms with Crippen LogP contribution < -0.4 is 4.74 Å². The Hall–Kier alpha value is -2.93. The third-order valence-electron chi connectivity index (χ3n) is 6.05. The molecule has 1 amide bonds. The van der Waals surface area contributed by atoms with Crippen LogP contribution in [-0.4, -0.2) is 64.6 Å². The van der Waals surface area contributed by atoms with E-state index in [1.165, 1.54) is 11.3 Å². The van der Waals surface area contributed by atoms with Gasteiger partial charge in [-0.15, -0.1) is 0 Å². The molecule has 164 valence electrons. The van der Waals surface area contributed by atoms with Gasteiger partial charge in [-0.1, -0.05) is 12.1 Å². The van der Waals surface area contributed by atoms with Crippen molar-refractivity contribution < 1.29 is 9.53 Å². The van der Waals surface area contributed by atoms with Gasteiger partial charge in [-0.25, -0.2) is 9.50 Å². The lowest BCUT2D eigenvalue weighted by Gasteiger charge is -2.32. The molecule has 3 heterocycles. The molecule has 1 aliphatic heterocycles. The summed E-state index contributed by atoms with van der Waals surface area (Å²) in [6.07, 6.45) is 7.23. The molecule has 0 N–H and O–H groups in total. The third-order valence-corrected chi connectivity index (χ3v) is 6.05. The van der Waals surface area contributed by atoms with E-state index in [0.29, 0.717) is 12.3 Å². The monoisotopic (exact) mass is 421 g/mol. The number of rotatable bonds is 7. The van der Waals surface area contributed by atoms with Gasteiger partial charge in [0.1, 0.15) is 5.75 Å². The molecule has 1 aromatic carbocycles. The lowest BCUT2D eigenvalue weighted by atomic mass is 9.90. The molecule has 4 rings (SSSR count). The van der Waals surface area contributed by atoms with Gasteiger partial charge in [0.15, 0.2) is 5.65 Å². The van der Waals surface area contributed by atoms with Gasteiger partial charge in [-0.05, 0) is 57.0 Å². The van der Waals surface area contributed by atoms with E-state index in [9.17, 15) is 4.79 Å². The lowest BCUT2D eigenvalue weighted by molar-refractivity contribution is -0.131. The van der Waals surface area contributed by atoms with E-state index >= 15 is 0 Å². The third kappa shape index (κ3) is 5.05. The predicted molar refractivity (Wildman–Crippen MR) is 120 cm³/mol. The van der Waals surface area contributed by atoms with Crippen molar-refractivity contribution in [3.05, 3.63) is 59.5 Å². The van der Waals surface area contributed by atoms with Crippen LogP contribution >= 0.6 is 0 Å². The van der Waals surface area contributed by atoms with Crippen LogP contribution in [0.25, 0.3) is 5.65 Å². The number of amides is 1. The van der Waals surface area contributed by atoms with Crippen LogP contribution in [0.2, 0.25) is 0 Å². The van der Waals surface area contributed by atoms with Gasteiger partial charge in [0.25, 0.3) is 0 Å². The molecule has 1 fully saturated rings. The molecule has 31 heavy (non-hydrogen) atoms. The second kappa shape index (κ2) is 9.47. The molecule has 0 radical (unpaired) electrons. The summed E-state index contributed by atoms with van der Waals surface area (Å²) in [7, 11) is 5.80. The van der Waals surface area contributed by atoms with Crippen LogP contribution in [0.1, 0.15) is 29.7 Å². The van der Waals surface area contributed by atoms with Crippen molar-refractivity contribution in [1.29, 1.82) is 0 Å². The largest absolute Gasteiger partial charge is 0.497 e. The highest BCUT2D eigenvalue weighted by Gasteiger charge is 2.25. The second-order valence-corrected chi connectivity index (χ2v) is 8.62. The Morgan fingerprint density at radius 2 is 1.90 bits per heavy atom. The van der Waals surface area contributed by atoms with Crippen molar-refractivity contribution in [2.24, 2.45) is 5.92 Å². The number of hydrogen-bond acceptors (Lipinski definition) is 5. The molecule has 2 aromatic heterocycles. The Morgan fingerprint density at radius 3 is 2.58 bits per heavy atom. The number of benzene rings is 1. The zero-order chi connectivity index (χ0) is 21.8. The Labute approximate surface area is 183 Å². The van der Waals surface area contributed by atoms with E-state index < -0.39 is 0 Å². The average Bonchev–Trinajstić information content (AvgIpc) is 3.25. The number of likely N-dealkylation sites (tertiary alicyclic amines) is 1. The first kappa shape index (κ1) is 21.3. The first-order chi connectivity index (χ1) is 15.0. The summed E-state index contributed by atoms with van der Waals surface area (Å²) >= 11 is 0. The SMILES string of the molecule is COc1ccc(CC(=O)N2CCC(Cc3c(CN(C)C)cnc4ccnn34)CC2)cc1. The number of carbonyl (C=O) groups is 1. The molecule has 0 atom stereocenters. The van der Waals surface area contributed by atoms with E-state index in [-0.39, 0.29) is 5.91 Å². The van der Waals surface area contributed by atoms with Crippen LogP contribution in [0.4, 0.5) is 0 Å². The minimum Gasteiger partial charge on any atom is -0.497 e. The molecule has 7 heteroatoms. The smallest absolute Gasteiger partial charge is 0.226 e. The first-order valence-electron chi connectivity index (χ1n) is 10.9. The number of fused-ring (bicyclic) bond motifs is 1. The molecular formula is C24H31N5O2. The molecule has 3 aromatic rings. The molecule has 0 saturated carbocycles. The second-order valence-electron chi connectivity index (χ2n) is 8.62. The summed E-state index contributed by atoms with van der Waals surface area (Å²) in [5, 5.41) is 4.52. The molecule has 1 saturated heterocycles. The highest BCUT2D eigenvalue weighted by Crippen LogP contribution is 2.25. The number of piperidine rings is 1. The molecule has 0 aliphatic carbocycles. The van der Waals surface area contributed by atoms with Gasteiger partial charge in [-0.2, -0.15) is 5.10 Å².